The summed E-state index contributed by atoms with van der Waals surface area (Å²) in [6, 6.07) is 0. The number of fused-ring (bicyclic) bond motifs is 1. The van der Waals surface area contributed by atoms with Crippen LogP contribution in [0.15, 0.2) is 0 Å². The van der Waals surface area contributed by atoms with E-state index in [2.05, 4.69) is 18.8 Å². The Morgan fingerprint density at radius 1 is 1.47 bits per heavy atom. The maximum atomic E-state index is 10.2. The molecule has 0 saturated heterocycles. The molecule has 0 aromatic carbocycles. The molecule has 1 aliphatic carbocycles. The molecule has 17 heavy (non-hydrogen) atoms. The Morgan fingerprint density at radius 3 is 2.71 bits per heavy atom. The summed E-state index contributed by atoms with van der Waals surface area (Å²) < 4.78 is 5.45. The van der Waals surface area contributed by atoms with E-state index in [0.717, 1.165) is 28.4 Å². The minimum absolute atomic E-state index is 0.134. The Kier molecular flexibility index (Phi) is 3.09. The Hall–Kier alpha value is -0.450. The highest BCUT2D eigenvalue weighted by Gasteiger charge is 2.36. The second-order valence-corrected chi connectivity index (χ2v) is 7.14. The zero-order valence-electron chi connectivity index (χ0n) is 11.2. The molecule has 0 fully saturated rings. The first kappa shape index (κ1) is 13.0. The van der Waals surface area contributed by atoms with Gasteiger partial charge in [0.2, 0.25) is 0 Å². The van der Waals surface area contributed by atoms with Gasteiger partial charge in [-0.25, -0.2) is 4.98 Å². The highest BCUT2D eigenvalue weighted by Crippen LogP contribution is 2.44. The number of aliphatic hydroxyl groups is 1. The zero-order chi connectivity index (χ0) is 12.8. The van der Waals surface area contributed by atoms with Gasteiger partial charge in [0.25, 0.3) is 0 Å². The highest BCUT2D eigenvalue weighted by atomic mass is 32.1. The van der Waals surface area contributed by atoms with Crippen molar-refractivity contribution in [2.24, 2.45) is 5.41 Å². The normalized spacial score (nSPS) is 23.5. The second kappa shape index (κ2) is 4.04. The fraction of sp³-hybridized carbons (Fsp3) is 0.769. The summed E-state index contributed by atoms with van der Waals surface area (Å²) in [6.07, 6.45) is 1.39. The van der Waals surface area contributed by atoms with Gasteiger partial charge < -0.3 is 9.84 Å². The number of thiazole rings is 1. The van der Waals surface area contributed by atoms with Gasteiger partial charge in [0.05, 0.1) is 16.7 Å². The molecule has 1 aromatic rings. The average molecular weight is 255 g/mol. The molecule has 1 atom stereocenters. The van der Waals surface area contributed by atoms with Gasteiger partial charge in [0.15, 0.2) is 0 Å². The van der Waals surface area contributed by atoms with E-state index >= 15 is 0 Å². The lowest BCUT2D eigenvalue weighted by Gasteiger charge is -2.31. The molecule has 1 N–H and O–H groups in total. The van der Waals surface area contributed by atoms with E-state index in [9.17, 15) is 5.11 Å². The quantitative estimate of drug-likeness (QED) is 0.883. The van der Waals surface area contributed by atoms with E-state index in [1.54, 1.807) is 18.4 Å². The second-order valence-electron chi connectivity index (χ2n) is 6.11. The summed E-state index contributed by atoms with van der Waals surface area (Å²) in [5.41, 5.74) is 0.819. The smallest absolute Gasteiger partial charge is 0.125 e. The molecule has 0 saturated carbocycles. The molecule has 0 bridgehead atoms. The van der Waals surface area contributed by atoms with E-state index < -0.39 is 0 Å². The number of rotatable bonds is 2. The van der Waals surface area contributed by atoms with Crippen LogP contribution in [0.2, 0.25) is 0 Å². The predicted octanol–water partition coefficient (Wildman–Crippen LogP) is 3.03. The van der Waals surface area contributed by atoms with Crippen LogP contribution in [0.25, 0.3) is 0 Å². The average Bonchev–Trinajstić information content (AvgIpc) is 2.60. The molecule has 0 aliphatic heterocycles. The largest absolute Gasteiger partial charge is 0.387 e. The molecule has 96 valence electrons. The van der Waals surface area contributed by atoms with E-state index in [1.165, 1.54) is 0 Å². The molecular weight excluding hydrogens is 234 g/mol. The molecule has 3 nitrogen and oxygen atoms in total. The van der Waals surface area contributed by atoms with Gasteiger partial charge in [0.1, 0.15) is 10.6 Å². The molecular formula is C13H21NO2S. The number of methoxy groups -OCH3 is 1. The number of aromatic nitrogens is 1. The number of hydrogen-bond donors (Lipinski definition) is 1. The van der Waals surface area contributed by atoms with Crippen LogP contribution in [0.4, 0.5) is 0 Å². The van der Waals surface area contributed by atoms with Gasteiger partial charge in [0, 0.05) is 7.11 Å². The van der Waals surface area contributed by atoms with Gasteiger partial charge in [-0.3, -0.25) is 0 Å². The lowest BCUT2D eigenvalue weighted by molar-refractivity contribution is 0.0188. The van der Waals surface area contributed by atoms with Crippen LogP contribution in [0.3, 0.4) is 0 Å². The van der Waals surface area contributed by atoms with Crippen LogP contribution in [-0.2, 0) is 16.8 Å². The van der Waals surface area contributed by atoms with Gasteiger partial charge in [-0.1, -0.05) is 13.8 Å². The first-order chi connectivity index (χ1) is 7.75. The third kappa shape index (κ3) is 2.39. The van der Waals surface area contributed by atoms with Crippen molar-refractivity contribution in [3.05, 3.63) is 15.6 Å². The van der Waals surface area contributed by atoms with Crippen LogP contribution in [-0.4, -0.2) is 17.2 Å². The number of aliphatic hydroxyl groups excluding tert-OH is 1. The topological polar surface area (TPSA) is 42.4 Å². The number of hydrogen-bond acceptors (Lipinski definition) is 4. The molecule has 0 spiro atoms. The first-order valence-corrected chi connectivity index (χ1v) is 6.80. The first-order valence-electron chi connectivity index (χ1n) is 5.98. The molecule has 2 rings (SSSR count). The predicted molar refractivity (Wildman–Crippen MR) is 69.2 cm³/mol. The Morgan fingerprint density at radius 2 is 2.12 bits per heavy atom. The fourth-order valence-electron chi connectivity index (χ4n) is 2.24. The standard InChI is InChI=1S/C13H21NO2S/c1-12(2)6-8-10(9(15)7-12)17-11(14-8)13(3,4)16-5/h9,15H,6-7H2,1-5H3. The molecule has 1 heterocycles. The van der Waals surface area contributed by atoms with Crippen molar-refractivity contribution in [2.45, 2.75) is 52.2 Å². The summed E-state index contributed by atoms with van der Waals surface area (Å²) in [5.74, 6) is 0. The zero-order valence-corrected chi connectivity index (χ0v) is 12.0. The van der Waals surface area contributed by atoms with Crippen LogP contribution >= 0.6 is 11.3 Å². The van der Waals surface area contributed by atoms with Crippen molar-refractivity contribution in [3.8, 4) is 0 Å². The Balaban J connectivity index is 2.40. The van der Waals surface area contributed by atoms with Gasteiger partial charge >= 0.3 is 0 Å². The van der Waals surface area contributed by atoms with Gasteiger partial charge in [-0.2, -0.15) is 0 Å². The summed E-state index contributed by atoms with van der Waals surface area (Å²) in [4.78, 5) is 5.70. The molecule has 4 heteroatoms. The van der Waals surface area contributed by atoms with E-state index in [0.29, 0.717) is 0 Å². The van der Waals surface area contributed by atoms with Crippen molar-refractivity contribution in [2.75, 3.05) is 7.11 Å². The third-order valence-corrected chi connectivity index (χ3v) is 4.95. The molecule has 1 aromatic heterocycles. The molecule has 0 amide bonds. The minimum Gasteiger partial charge on any atom is -0.387 e. The monoisotopic (exact) mass is 255 g/mol. The van der Waals surface area contributed by atoms with Crippen molar-refractivity contribution in [1.29, 1.82) is 0 Å². The van der Waals surface area contributed by atoms with E-state index in [-0.39, 0.29) is 17.1 Å². The van der Waals surface area contributed by atoms with E-state index in [4.69, 9.17) is 4.74 Å². The SMILES string of the molecule is COC(C)(C)c1nc2c(s1)C(O)CC(C)(C)C2. The number of nitrogens with zero attached hydrogens (tertiary/aromatic N) is 1. The maximum absolute atomic E-state index is 10.2. The molecule has 0 radical (unpaired) electrons. The summed E-state index contributed by atoms with van der Waals surface area (Å²) in [6.45, 7) is 8.38. The van der Waals surface area contributed by atoms with Crippen molar-refractivity contribution >= 4 is 11.3 Å². The number of ether oxygens (including phenoxy) is 1. The fourth-order valence-corrected chi connectivity index (χ4v) is 3.39. The summed E-state index contributed by atoms with van der Waals surface area (Å²) >= 11 is 1.59. The van der Waals surface area contributed by atoms with Gasteiger partial charge in [-0.05, 0) is 32.1 Å². The van der Waals surface area contributed by atoms with Crippen molar-refractivity contribution in [1.82, 2.24) is 4.98 Å². The summed E-state index contributed by atoms with van der Waals surface area (Å²) in [7, 11) is 1.70. The maximum Gasteiger partial charge on any atom is 0.125 e. The van der Waals surface area contributed by atoms with Crippen molar-refractivity contribution < 1.29 is 9.84 Å². The molecule has 1 aliphatic rings. The highest BCUT2D eigenvalue weighted by molar-refractivity contribution is 7.12. The minimum atomic E-state index is -0.369. The molecule has 1 unspecified atom stereocenters. The lowest BCUT2D eigenvalue weighted by atomic mass is 9.77. The Bertz CT molecular complexity index is 423. The summed E-state index contributed by atoms with van der Waals surface area (Å²) in [5, 5.41) is 11.1. The van der Waals surface area contributed by atoms with Crippen molar-refractivity contribution in [3.63, 3.8) is 0 Å². The van der Waals surface area contributed by atoms with Crippen LogP contribution in [0.1, 0.15) is 55.8 Å². The van der Waals surface area contributed by atoms with Crippen LogP contribution in [0, 0.1) is 5.41 Å². The van der Waals surface area contributed by atoms with Gasteiger partial charge in [-0.15, -0.1) is 11.3 Å². The Labute approximate surface area is 107 Å². The van der Waals surface area contributed by atoms with Crippen LogP contribution < -0.4 is 0 Å². The lowest BCUT2D eigenvalue weighted by Crippen LogP contribution is -2.25. The van der Waals surface area contributed by atoms with Crippen LogP contribution in [0.5, 0.6) is 0 Å². The third-order valence-electron chi connectivity index (χ3n) is 3.45. The van der Waals surface area contributed by atoms with E-state index in [1.807, 2.05) is 13.8 Å².